The lowest BCUT2D eigenvalue weighted by Crippen LogP contribution is -2.27. The SMILES string of the molecule is COc1cc2ncnc(Nc3ccc(Oc4ccc(C)nc4)c(C)c3)c2cc1NC(=O)C(CSC(C)=O)CSC(C)=O. The number of thioether (sulfide) groups is 2. The van der Waals surface area contributed by atoms with E-state index in [1.54, 1.807) is 18.3 Å². The van der Waals surface area contributed by atoms with Crippen LogP contribution in [0.15, 0.2) is 55.0 Å². The first-order valence-electron chi connectivity index (χ1n) is 13.0. The van der Waals surface area contributed by atoms with Crippen molar-refractivity contribution in [2.75, 3.05) is 29.2 Å². The molecule has 2 heterocycles. The van der Waals surface area contributed by atoms with Crippen molar-refractivity contribution in [1.29, 1.82) is 0 Å². The van der Waals surface area contributed by atoms with E-state index in [0.717, 1.165) is 40.5 Å². The Morgan fingerprint density at radius 2 is 1.64 bits per heavy atom. The number of carbonyl (C=O) groups excluding carboxylic acids is 3. The molecule has 4 aromatic rings. The number of hydrogen-bond acceptors (Lipinski definition) is 11. The highest BCUT2D eigenvalue weighted by Crippen LogP contribution is 2.35. The molecule has 42 heavy (non-hydrogen) atoms. The quantitative estimate of drug-likeness (QED) is 0.200. The van der Waals surface area contributed by atoms with Crippen molar-refractivity contribution in [1.82, 2.24) is 15.0 Å². The van der Waals surface area contributed by atoms with E-state index in [1.807, 2.05) is 44.2 Å². The third kappa shape index (κ3) is 8.20. The summed E-state index contributed by atoms with van der Waals surface area (Å²) in [6.45, 7) is 6.76. The van der Waals surface area contributed by atoms with Gasteiger partial charge in [-0.05, 0) is 55.8 Å². The average molecular weight is 606 g/mol. The summed E-state index contributed by atoms with van der Waals surface area (Å²) in [6.07, 6.45) is 3.14. The van der Waals surface area contributed by atoms with Crippen LogP contribution in [-0.2, 0) is 14.4 Å². The summed E-state index contributed by atoms with van der Waals surface area (Å²) in [7, 11) is 1.50. The first-order valence-corrected chi connectivity index (χ1v) is 15.0. The number of amides is 1. The van der Waals surface area contributed by atoms with Crippen LogP contribution in [0.4, 0.5) is 17.2 Å². The van der Waals surface area contributed by atoms with Gasteiger partial charge >= 0.3 is 0 Å². The fourth-order valence-corrected chi connectivity index (χ4v) is 5.50. The molecule has 0 aliphatic carbocycles. The molecule has 10 nitrogen and oxygen atoms in total. The number of ether oxygens (including phenoxy) is 2. The largest absolute Gasteiger partial charge is 0.494 e. The zero-order valence-electron chi connectivity index (χ0n) is 23.9. The van der Waals surface area contributed by atoms with Crippen LogP contribution < -0.4 is 20.1 Å². The van der Waals surface area contributed by atoms with Gasteiger partial charge in [-0.1, -0.05) is 23.5 Å². The van der Waals surface area contributed by atoms with Gasteiger partial charge in [0.25, 0.3) is 0 Å². The van der Waals surface area contributed by atoms with Gasteiger partial charge < -0.3 is 20.1 Å². The maximum absolute atomic E-state index is 13.3. The average Bonchev–Trinajstić information content (AvgIpc) is 2.95. The van der Waals surface area contributed by atoms with Gasteiger partial charge in [0.2, 0.25) is 5.91 Å². The van der Waals surface area contributed by atoms with E-state index in [0.29, 0.717) is 39.7 Å². The van der Waals surface area contributed by atoms with E-state index in [2.05, 4.69) is 25.6 Å². The van der Waals surface area contributed by atoms with Crippen molar-refractivity contribution >= 4 is 67.8 Å². The van der Waals surface area contributed by atoms with Crippen LogP contribution in [0.3, 0.4) is 0 Å². The molecule has 4 rings (SSSR count). The van der Waals surface area contributed by atoms with E-state index >= 15 is 0 Å². The summed E-state index contributed by atoms with van der Waals surface area (Å²) in [6, 6.07) is 12.9. The van der Waals surface area contributed by atoms with Crippen LogP contribution in [0, 0.1) is 19.8 Å². The molecule has 2 aromatic heterocycles. The summed E-state index contributed by atoms with van der Waals surface area (Å²) in [5.74, 6) is 1.92. The molecule has 0 atom stereocenters. The Kier molecular flexibility index (Phi) is 10.4. The van der Waals surface area contributed by atoms with Crippen LogP contribution in [0.2, 0.25) is 0 Å². The van der Waals surface area contributed by atoms with Gasteiger partial charge in [-0.2, -0.15) is 0 Å². The summed E-state index contributed by atoms with van der Waals surface area (Å²) in [4.78, 5) is 49.4. The Labute approximate surface area is 252 Å². The van der Waals surface area contributed by atoms with E-state index < -0.39 is 5.92 Å². The second-order valence-corrected chi connectivity index (χ2v) is 11.8. The molecule has 1 amide bonds. The molecule has 0 aliphatic rings. The Morgan fingerprint density at radius 3 is 2.26 bits per heavy atom. The van der Waals surface area contributed by atoms with E-state index in [9.17, 15) is 14.4 Å². The Morgan fingerprint density at radius 1 is 0.905 bits per heavy atom. The second kappa shape index (κ2) is 14.1. The highest BCUT2D eigenvalue weighted by atomic mass is 32.2. The number of aromatic nitrogens is 3. The van der Waals surface area contributed by atoms with Crippen LogP contribution in [-0.4, -0.2) is 49.7 Å². The highest BCUT2D eigenvalue weighted by molar-refractivity contribution is 8.14. The minimum atomic E-state index is -0.572. The minimum Gasteiger partial charge on any atom is -0.494 e. The number of aryl methyl sites for hydroxylation is 2. The highest BCUT2D eigenvalue weighted by Gasteiger charge is 2.22. The smallest absolute Gasteiger partial charge is 0.229 e. The molecule has 0 radical (unpaired) electrons. The zero-order chi connectivity index (χ0) is 30.2. The predicted octanol–water partition coefficient (Wildman–Crippen LogP) is 6.30. The zero-order valence-corrected chi connectivity index (χ0v) is 25.5. The third-order valence-electron chi connectivity index (χ3n) is 6.11. The fourth-order valence-electron chi connectivity index (χ4n) is 3.94. The van der Waals surface area contributed by atoms with Crippen LogP contribution >= 0.6 is 23.5 Å². The molecule has 0 saturated heterocycles. The number of nitrogens with zero attached hydrogens (tertiary/aromatic N) is 3. The summed E-state index contributed by atoms with van der Waals surface area (Å²) in [5, 5.41) is 6.72. The molecule has 218 valence electrons. The predicted molar refractivity (Wildman–Crippen MR) is 168 cm³/mol. The molecule has 0 spiro atoms. The number of hydrogen-bond donors (Lipinski definition) is 2. The molecule has 0 aliphatic heterocycles. The van der Waals surface area contributed by atoms with Gasteiger partial charge in [0.15, 0.2) is 10.2 Å². The Hall–Kier alpha value is -4.16. The number of fused-ring (bicyclic) bond motifs is 1. The summed E-state index contributed by atoms with van der Waals surface area (Å²) < 4.78 is 11.5. The van der Waals surface area contributed by atoms with Gasteiger partial charge in [-0.3, -0.25) is 19.4 Å². The van der Waals surface area contributed by atoms with Crippen LogP contribution in [0.1, 0.15) is 25.1 Å². The third-order valence-corrected chi connectivity index (χ3v) is 8.06. The summed E-state index contributed by atoms with van der Waals surface area (Å²) in [5.41, 5.74) is 3.64. The van der Waals surface area contributed by atoms with Gasteiger partial charge in [0, 0.05) is 48.2 Å². The van der Waals surface area contributed by atoms with E-state index in [-0.39, 0.29) is 27.6 Å². The van der Waals surface area contributed by atoms with Crippen molar-refractivity contribution in [2.45, 2.75) is 27.7 Å². The van der Waals surface area contributed by atoms with Gasteiger partial charge in [0.1, 0.15) is 29.4 Å². The Bertz CT molecular complexity index is 1600. The first kappa shape index (κ1) is 30.8. The standard InChI is InChI=1S/C30H31N5O5S2/c1-17-10-22(7-9-27(17)40-23-8-6-18(2)31-13-23)34-29-24-11-26(28(39-5)12-25(24)32-16-33-29)35-30(38)21(14-41-19(3)36)15-42-20(4)37/h6-13,16,21H,14-15H2,1-5H3,(H,35,38)(H,32,33,34). The molecule has 0 bridgehead atoms. The number of benzene rings is 2. The molecular formula is C30H31N5O5S2. The maximum atomic E-state index is 13.3. The molecule has 0 saturated carbocycles. The van der Waals surface area contributed by atoms with Crippen molar-refractivity contribution in [3.05, 3.63) is 66.2 Å². The summed E-state index contributed by atoms with van der Waals surface area (Å²) >= 11 is 2.10. The molecule has 2 aromatic carbocycles. The first-order chi connectivity index (χ1) is 20.1. The number of carbonyl (C=O) groups is 3. The molecule has 12 heteroatoms. The van der Waals surface area contributed by atoms with Crippen molar-refractivity contribution in [3.63, 3.8) is 0 Å². The number of rotatable bonds is 11. The number of pyridine rings is 1. The molecule has 2 N–H and O–H groups in total. The number of nitrogens with one attached hydrogen (secondary N) is 2. The van der Waals surface area contributed by atoms with Crippen molar-refractivity contribution in [2.24, 2.45) is 5.92 Å². The molecular weight excluding hydrogens is 574 g/mol. The molecule has 0 unspecified atom stereocenters. The lowest BCUT2D eigenvalue weighted by molar-refractivity contribution is -0.118. The lowest BCUT2D eigenvalue weighted by Gasteiger charge is -2.18. The number of anilines is 3. The topological polar surface area (TPSA) is 132 Å². The minimum absolute atomic E-state index is 0.0984. The van der Waals surface area contributed by atoms with Gasteiger partial charge in [0.05, 0.1) is 30.4 Å². The van der Waals surface area contributed by atoms with E-state index in [1.165, 1.54) is 27.3 Å². The number of methoxy groups -OCH3 is 1. The maximum Gasteiger partial charge on any atom is 0.229 e. The lowest BCUT2D eigenvalue weighted by atomic mass is 10.1. The van der Waals surface area contributed by atoms with Crippen molar-refractivity contribution in [3.8, 4) is 17.2 Å². The van der Waals surface area contributed by atoms with Gasteiger partial charge in [-0.15, -0.1) is 0 Å². The van der Waals surface area contributed by atoms with Gasteiger partial charge in [-0.25, -0.2) is 9.97 Å². The Balaban J connectivity index is 1.58. The van der Waals surface area contributed by atoms with Crippen molar-refractivity contribution < 1.29 is 23.9 Å². The second-order valence-electron chi connectivity index (χ2n) is 9.43. The van der Waals surface area contributed by atoms with E-state index in [4.69, 9.17) is 9.47 Å². The monoisotopic (exact) mass is 605 g/mol. The normalized spacial score (nSPS) is 10.9. The fraction of sp³-hybridized carbons (Fsp3) is 0.267. The molecule has 0 fully saturated rings. The van der Waals surface area contributed by atoms with Crippen LogP contribution in [0.5, 0.6) is 17.2 Å². The van der Waals surface area contributed by atoms with Crippen LogP contribution in [0.25, 0.3) is 10.9 Å².